The number of carbonyl (C=O) groups is 2. The average Bonchev–Trinajstić information content (AvgIpc) is 3.40. The lowest BCUT2D eigenvalue weighted by Crippen LogP contribution is -2.49. The zero-order chi connectivity index (χ0) is 35.9. The minimum absolute atomic E-state index is 0.0217. The van der Waals surface area contributed by atoms with Crippen LogP contribution >= 0.6 is 11.6 Å². The summed E-state index contributed by atoms with van der Waals surface area (Å²) in [7, 11) is -0.705. The monoisotopic (exact) mass is 733 g/mol. The van der Waals surface area contributed by atoms with Gasteiger partial charge in [0.05, 0.1) is 31.3 Å². The first-order valence-electron chi connectivity index (χ1n) is 17.5. The van der Waals surface area contributed by atoms with E-state index < -0.39 is 33.8 Å². The molecule has 3 aromatic rings. The normalized spacial score (nSPS) is 29.4. The molecule has 4 aliphatic rings. The van der Waals surface area contributed by atoms with Crippen LogP contribution in [0.5, 0.6) is 11.6 Å². The van der Waals surface area contributed by atoms with Gasteiger partial charge >= 0.3 is 0 Å². The summed E-state index contributed by atoms with van der Waals surface area (Å²) < 4.78 is 34.8. The summed E-state index contributed by atoms with van der Waals surface area (Å²) in [5.41, 5.74) is 3.19. The molecule has 11 nitrogen and oxygen atoms in total. The van der Waals surface area contributed by atoms with Crippen LogP contribution in [0.2, 0.25) is 5.02 Å². The molecule has 0 radical (unpaired) electrons. The fourth-order valence-corrected chi connectivity index (χ4v) is 10.2. The molecule has 2 aliphatic heterocycles. The van der Waals surface area contributed by atoms with Crippen LogP contribution in [-0.2, 0) is 28.8 Å². The van der Waals surface area contributed by atoms with Gasteiger partial charge in [-0.3, -0.25) is 19.0 Å². The van der Waals surface area contributed by atoms with Crippen molar-refractivity contribution in [3.63, 3.8) is 0 Å². The number of methoxy groups -OCH3 is 1. The highest BCUT2D eigenvalue weighted by molar-refractivity contribution is 7.92. The molecule has 1 saturated carbocycles. The number of aliphatic hydroxyl groups excluding tert-OH is 1. The Balaban J connectivity index is 1.32. The van der Waals surface area contributed by atoms with E-state index in [1.165, 1.54) is 29.1 Å². The second kappa shape index (κ2) is 14.1. The number of benzene rings is 2. The number of halogens is 1. The number of hydrogen-bond donors (Lipinski definition) is 2. The molecule has 3 heterocycles. The lowest BCUT2D eigenvalue weighted by molar-refractivity contribution is 0.0454. The van der Waals surface area contributed by atoms with Crippen molar-refractivity contribution in [2.45, 2.75) is 50.0 Å². The van der Waals surface area contributed by atoms with E-state index in [1.807, 2.05) is 12.1 Å². The van der Waals surface area contributed by atoms with Gasteiger partial charge in [-0.2, -0.15) is 0 Å². The van der Waals surface area contributed by atoms with Crippen LogP contribution < -0.4 is 19.1 Å². The zero-order valence-corrected chi connectivity index (χ0v) is 30.5. The number of aromatic nitrogens is 2. The van der Waals surface area contributed by atoms with E-state index in [9.17, 15) is 18.9 Å². The number of aliphatic hydroxyl groups is 1. The highest BCUT2D eigenvalue weighted by atomic mass is 35.5. The molecule has 0 saturated heterocycles. The second-order valence-corrected chi connectivity index (χ2v) is 16.7. The maximum Gasteiger partial charge on any atom is 0.286 e. The molecule has 51 heavy (non-hydrogen) atoms. The molecular formula is C38H44ClN5O6S. The third kappa shape index (κ3) is 7.05. The maximum atomic E-state index is 14.7. The van der Waals surface area contributed by atoms with Crippen molar-refractivity contribution < 1.29 is 28.4 Å². The first-order valence-corrected chi connectivity index (χ1v) is 19.5. The summed E-state index contributed by atoms with van der Waals surface area (Å²) in [4.78, 5) is 29.9. The van der Waals surface area contributed by atoms with Crippen molar-refractivity contribution >= 4 is 39.0 Å². The molecule has 1 spiro atoms. The number of rotatable bonds is 5. The molecule has 13 heteroatoms. The number of hydrogen-bond acceptors (Lipinski definition) is 8. The van der Waals surface area contributed by atoms with E-state index in [4.69, 9.17) is 21.1 Å². The smallest absolute Gasteiger partial charge is 0.286 e. The van der Waals surface area contributed by atoms with Crippen molar-refractivity contribution in [1.29, 1.82) is 0 Å². The molecule has 6 atom stereocenters. The quantitative estimate of drug-likeness (QED) is 0.321. The fraction of sp³-hybridized carbons (Fsp3) is 0.447. The van der Waals surface area contributed by atoms with E-state index in [2.05, 4.69) is 37.8 Å². The second-order valence-electron chi connectivity index (χ2n) is 14.3. The third-order valence-electron chi connectivity index (χ3n) is 10.9. The van der Waals surface area contributed by atoms with Gasteiger partial charge in [0.15, 0.2) is 0 Å². The van der Waals surface area contributed by atoms with Crippen molar-refractivity contribution in [2.24, 2.45) is 29.2 Å². The Labute approximate surface area is 304 Å². The van der Waals surface area contributed by atoms with Gasteiger partial charge < -0.3 is 19.5 Å². The van der Waals surface area contributed by atoms with Gasteiger partial charge in [-0.25, -0.2) is 4.21 Å². The summed E-state index contributed by atoms with van der Waals surface area (Å²) in [5, 5.41) is 16.3. The number of carbonyl (C=O) groups excluding carboxylic acids is 2. The Morgan fingerprint density at radius 2 is 2.10 bits per heavy atom. The van der Waals surface area contributed by atoms with Crippen LogP contribution in [0.1, 0.15) is 63.9 Å². The van der Waals surface area contributed by atoms with Crippen LogP contribution in [0.4, 0.5) is 5.69 Å². The number of aryl methyl sites for hydroxylation is 2. The minimum Gasteiger partial charge on any atom is -0.490 e. The fourth-order valence-electron chi connectivity index (χ4n) is 8.18. The molecule has 7 rings (SSSR count). The molecule has 1 fully saturated rings. The molecule has 2 bridgehead atoms. The summed E-state index contributed by atoms with van der Waals surface area (Å²) in [6, 6.07) is 11.3. The van der Waals surface area contributed by atoms with Gasteiger partial charge in [0.2, 0.25) is 5.88 Å². The Morgan fingerprint density at radius 1 is 1.25 bits per heavy atom. The molecule has 1 aromatic heterocycles. The van der Waals surface area contributed by atoms with Gasteiger partial charge in [0, 0.05) is 42.3 Å². The van der Waals surface area contributed by atoms with E-state index in [1.54, 1.807) is 37.4 Å². The summed E-state index contributed by atoms with van der Waals surface area (Å²) in [5.74, 6) is -1.16. The summed E-state index contributed by atoms with van der Waals surface area (Å²) in [6.45, 7) is 5.65. The molecule has 1 unspecified atom stereocenters. The van der Waals surface area contributed by atoms with Gasteiger partial charge in [0.25, 0.3) is 11.8 Å². The number of amides is 2. The van der Waals surface area contributed by atoms with Gasteiger partial charge in [0.1, 0.15) is 21.2 Å². The van der Waals surface area contributed by atoms with Crippen LogP contribution in [0, 0.1) is 17.8 Å². The lowest BCUT2D eigenvalue weighted by Gasteiger charge is -2.45. The Bertz CT molecular complexity index is 2020. The largest absolute Gasteiger partial charge is 0.490 e. The number of fused-ring (bicyclic) bond motifs is 4. The topological polar surface area (TPSA) is 135 Å². The first-order chi connectivity index (χ1) is 24.5. The Kier molecular flexibility index (Phi) is 9.77. The number of nitrogens with zero attached hydrogens (tertiary/aromatic N) is 4. The Morgan fingerprint density at radius 3 is 2.86 bits per heavy atom. The number of ether oxygens (including phenoxy) is 2. The predicted octanol–water partition coefficient (Wildman–Crippen LogP) is 5.66. The molecule has 2 aliphatic carbocycles. The summed E-state index contributed by atoms with van der Waals surface area (Å²) >= 11 is 6.43. The van der Waals surface area contributed by atoms with Crippen LogP contribution in [0.25, 0.3) is 0 Å². The van der Waals surface area contributed by atoms with Crippen molar-refractivity contribution in [1.82, 2.24) is 14.5 Å². The lowest BCUT2D eigenvalue weighted by atomic mass is 9.68. The van der Waals surface area contributed by atoms with Crippen molar-refractivity contribution in [3.05, 3.63) is 94.7 Å². The van der Waals surface area contributed by atoms with Gasteiger partial charge in [-0.15, -0.1) is 16.0 Å². The first kappa shape index (κ1) is 35.3. The molecule has 2 N–H and O–H groups in total. The van der Waals surface area contributed by atoms with Crippen LogP contribution in [0.15, 0.2) is 71.8 Å². The van der Waals surface area contributed by atoms with E-state index in [0.29, 0.717) is 36.9 Å². The summed E-state index contributed by atoms with van der Waals surface area (Å²) in [6.07, 6.45) is 11.1. The highest BCUT2D eigenvalue weighted by Gasteiger charge is 2.44. The average molecular weight is 734 g/mol. The van der Waals surface area contributed by atoms with Gasteiger partial charge in [-0.1, -0.05) is 35.9 Å². The van der Waals surface area contributed by atoms with Crippen molar-refractivity contribution in [3.8, 4) is 11.6 Å². The SMILES string of the molecule is C=CC[C@@H]1/C=C/[C@H](O)[C@@H]2CC[C@H]2CN2C[C@@]3(CCCc4cc(Cl)ccc43)COc3ccc(cc32)C(=O)N=S(=O)(NC(=O)c2cn(C)nc2OC)C1. The Hall–Kier alpha value is -4.13. The van der Waals surface area contributed by atoms with Crippen molar-refractivity contribution in [2.75, 3.05) is 37.5 Å². The van der Waals surface area contributed by atoms with Gasteiger partial charge in [-0.05, 0) is 97.7 Å². The minimum atomic E-state index is -3.72. The molecular weight excluding hydrogens is 690 g/mol. The highest BCUT2D eigenvalue weighted by Crippen LogP contribution is 2.47. The van der Waals surface area contributed by atoms with Crippen LogP contribution in [0.3, 0.4) is 0 Å². The standard InChI is InChI=1S/C38H44ClN5O6S/c1-4-6-24-8-14-33(45)29-12-9-27(29)19-44-22-38(16-5-7-25-17-28(39)11-13-31(25)38)23-50-34-15-10-26(18-32(34)44)35(46)41-51(48,21-24)42-36(47)30-20-43(2)40-37(30)49-3/h4,8,10-11,13-15,17-18,20,24,27,29,33,45H,1,5-7,9,12,16,19,21-23H2,2-3H3,(H,41,42,46,47,48)/b14-8+/t24-,27+,29-,33+,38+,51?/m1/s1. The maximum absolute atomic E-state index is 14.7. The van der Waals surface area contributed by atoms with E-state index in [-0.39, 0.29) is 40.0 Å². The van der Waals surface area contributed by atoms with E-state index >= 15 is 0 Å². The predicted molar refractivity (Wildman–Crippen MR) is 197 cm³/mol. The number of anilines is 1. The zero-order valence-electron chi connectivity index (χ0n) is 28.9. The number of nitrogens with one attached hydrogen (secondary N) is 1. The molecule has 2 aromatic carbocycles. The molecule has 2 amide bonds. The third-order valence-corrected chi connectivity index (χ3v) is 12.9. The van der Waals surface area contributed by atoms with Crippen LogP contribution in [-0.4, -0.2) is 69.6 Å². The van der Waals surface area contributed by atoms with E-state index in [0.717, 1.165) is 37.8 Å². The molecule has 270 valence electrons. The number of allylic oxidation sites excluding steroid dienone is 2.